The van der Waals surface area contributed by atoms with E-state index in [1.165, 1.54) is 35.4 Å². The van der Waals surface area contributed by atoms with Crippen LogP contribution in [0, 0.1) is 0 Å². The van der Waals surface area contributed by atoms with E-state index in [0.29, 0.717) is 17.2 Å². The highest BCUT2D eigenvalue weighted by Gasteiger charge is 2.29. The molecule has 0 radical (unpaired) electrons. The second-order valence-corrected chi connectivity index (χ2v) is 8.30. The quantitative estimate of drug-likeness (QED) is 0.525. The second kappa shape index (κ2) is 7.00. The van der Waals surface area contributed by atoms with Crippen LogP contribution in [0.5, 0.6) is 0 Å². The van der Waals surface area contributed by atoms with E-state index >= 15 is 0 Å². The Kier molecular flexibility index (Phi) is 4.41. The lowest BCUT2D eigenvalue weighted by molar-refractivity contribution is 0.361. The van der Waals surface area contributed by atoms with Gasteiger partial charge in [0.2, 0.25) is 5.78 Å². The van der Waals surface area contributed by atoms with Gasteiger partial charge >= 0.3 is 5.69 Å². The largest absolute Gasteiger partial charge is 0.332 e. The fourth-order valence-electron chi connectivity index (χ4n) is 5.06. The molecule has 1 aromatic carbocycles. The summed E-state index contributed by atoms with van der Waals surface area (Å²) in [6, 6.07) is 10.7. The molecule has 156 valence electrons. The van der Waals surface area contributed by atoms with Gasteiger partial charge < -0.3 is 4.57 Å². The monoisotopic (exact) mass is 405 g/mol. The van der Waals surface area contributed by atoms with Gasteiger partial charge in [-0.1, -0.05) is 56.5 Å². The fourth-order valence-corrected chi connectivity index (χ4v) is 5.06. The van der Waals surface area contributed by atoms with Crippen molar-refractivity contribution < 1.29 is 0 Å². The number of rotatable bonds is 3. The zero-order valence-corrected chi connectivity index (χ0v) is 17.8. The van der Waals surface area contributed by atoms with Crippen LogP contribution in [-0.4, -0.2) is 23.1 Å². The van der Waals surface area contributed by atoms with Crippen LogP contribution in [0.25, 0.3) is 28.2 Å². The molecule has 0 N–H and O–H groups in total. The Balaban J connectivity index is 1.98. The van der Waals surface area contributed by atoms with Crippen LogP contribution in [0.4, 0.5) is 0 Å². The molecule has 30 heavy (non-hydrogen) atoms. The first-order valence-corrected chi connectivity index (χ1v) is 10.8. The third kappa shape index (κ3) is 2.54. The predicted octanol–water partition coefficient (Wildman–Crippen LogP) is 3.42. The van der Waals surface area contributed by atoms with Crippen molar-refractivity contribution in [2.75, 3.05) is 0 Å². The summed E-state index contributed by atoms with van der Waals surface area (Å²) in [6.07, 6.45) is 6.63. The highest BCUT2D eigenvalue weighted by atomic mass is 16.2. The summed E-state index contributed by atoms with van der Waals surface area (Å²) >= 11 is 0. The topological polar surface area (TPSA) is 66.2 Å². The van der Waals surface area contributed by atoms with E-state index in [1.54, 1.807) is 7.05 Å². The van der Waals surface area contributed by atoms with Gasteiger partial charge in [-0.05, 0) is 19.3 Å². The Morgan fingerprint density at radius 3 is 2.37 bits per heavy atom. The lowest BCUT2D eigenvalue weighted by Gasteiger charge is -2.25. The molecule has 1 saturated carbocycles. The summed E-state index contributed by atoms with van der Waals surface area (Å²) < 4.78 is 7.01. The first kappa shape index (κ1) is 18.9. The number of nitrogens with zero attached hydrogens (tertiary/aromatic N) is 5. The van der Waals surface area contributed by atoms with Gasteiger partial charge in [-0.15, -0.1) is 0 Å². The zero-order valence-electron chi connectivity index (χ0n) is 17.8. The molecule has 7 heteroatoms. The summed E-state index contributed by atoms with van der Waals surface area (Å²) in [5, 5.41) is 0. The van der Waals surface area contributed by atoms with Crippen LogP contribution >= 0.6 is 0 Å². The summed E-state index contributed by atoms with van der Waals surface area (Å²) in [5.74, 6) is 0.769. The minimum atomic E-state index is -0.348. The Bertz CT molecular complexity index is 1360. The molecule has 1 fully saturated rings. The molecule has 0 atom stereocenters. The van der Waals surface area contributed by atoms with E-state index in [9.17, 15) is 9.59 Å². The third-order valence-electron chi connectivity index (χ3n) is 6.56. The van der Waals surface area contributed by atoms with Crippen molar-refractivity contribution in [2.24, 2.45) is 14.1 Å². The molecule has 3 aromatic heterocycles. The molecule has 0 amide bonds. The van der Waals surface area contributed by atoms with E-state index in [4.69, 9.17) is 4.98 Å². The van der Waals surface area contributed by atoms with Crippen LogP contribution in [0.15, 0.2) is 39.9 Å². The Morgan fingerprint density at radius 1 is 1.00 bits per heavy atom. The molecule has 5 rings (SSSR count). The van der Waals surface area contributed by atoms with Gasteiger partial charge in [0.25, 0.3) is 5.56 Å². The van der Waals surface area contributed by atoms with Gasteiger partial charge in [-0.3, -0.25) is 18.3 Å². The average molecular weight is 406 g/mol. The normalized spacial score (nSPS) is 15.4. The highest BCUT2D eigenvalue weighted by molar-refractivity contribution is 5.80. The van der Waals surface area contributed by atoms with Crippen molar-refractivity contribution in [1.29, 1.82) is 0 Å². The van der Waals surface area contributed by atoms with Gasteiger partial charge in [0.15, 0.2) is 11.2 Å². The zero-order chi connectivity index (χ0) is 21.0. The van der Waals surface area contributed by atoms with E-state index < -0.39 is 0 Å². The van der Waals surface area contributed by atoms with E-state index in [0.717, 1.165) is 42.0 Å². The lowest BCUT2D eigenvalue weighted by atomic mass is 9.94. The molecule has 0 saturated heterocycles. The fraction of sp³-hybridized carbons (Fsp3) is 0.435. The van der Waals surface area contributed by atoms with Gasteiger partial charge in [0.05, 0.1) is 11.4 Å². The van der Waals surface area contributed by atoms with Crippen molar-refractivity contribution in [3.63, 3.8) is 0 Å². The van der Waals surface area contributed by atoms with Crippen molar-refractivity contribution in [2.45, 2.75) is 51.5 Å². The summed E-state index contributed by atoms with van der Waals surface area (Å²) in [5.41, 5.74) is 3.65. The molecule has 0 aliphatic heterocycles. The maximum Gasteiger partial charge on any atom is 0.332 e. The summed E-state index contributed by atoms with van der Waals surface area (Å²) in [7, 11) is 3.22. The van der Waals surface area contributed by atoms with Crippen molar-refractivity contribution >= 4 is 16.9 Å². The van der Waals surface area contributed by atoms with E-state index in [2.05, 4.69) is 35.8 Å². The minimum Gasteiger partial charge on any atom is -0.306 e. The molecule has 1 aliphatic carbocycles. The van der Waals surface area contributed by atoms with Gasteiger partial charge in [0.1, 0.15) is 0 Å². The molecule has 3 heterocycles. The van der Waals surface area contributed by atoms with Gasteiger partial charge in [-0.25, -0.2) is 4.79 Å². The van der Waals surface area contributed by atoms with Gasteiger partial charge in [0, 0.05) is 25.7 Å². The third-order valence-corrected chi connectivity index (χ3v) is 6.56. The van der Waals surface area contributed by atoms with E-state index in [-0.39, 0.29) is 11.2 Å². The number of hydrogen-bond acceptors (Lipinski definition) is 3. The van der Waals surface area contributed by atoms with Crippen molar-refractivity contribution in [3.8, 4) is 11.3 Å². The lowest BCUT2D eigenvalue weighted by Crippen LogP contribution is -2.37. The number of aryl methyl sites for hydroxylation is 2. The number of hydrogen-bond donors (Lipinski definition) is 0. The molecule has 1 aliphatic rings. The molecule has 7 nitrogen and oxygen atoms in total. The second-order valence-electron chi connectivity index (χ2n) is 8.30. The predicted molar refractivity (Wildman–Crippen MR) is 118 cm³/mol. The maximum absolute atomic E-state index is 13.2. The standard InChI is InChI=1S/C23H27N5O2/c1-4-17-18(15-11-7-5-8-12-15)27(16-13-9-6-10-14-16)22-24-20-19(28(17)22)21(29)26(3)23(30)25(20)2/h5,7-8,11-12,16H,4,6,9-10,13-14H2,1-3H3. The first-order valence-electron chi connectivity index (χ1n) is 10.8. The Hall–Kier alpha value is -3.09. The van der Waals surface area contributed by atoms with Crippen LogP contribution in [-0.2, 0) is 20.5 Å². The molecule has 0 spiro atoms. The minimum absolute atomic E-state index is 0.296. The van der Waals surface area contributed by atoms with Crippen molar-refractivity contribution in [3.05, 3.63) is 56.9 Å². The molecule has 0 unspecified atom stereocenters. The number of imidazole rings is 2. The molecule has 4 aromatic rings. The number of aromatic nitrogens is 5. The molecular formula is C23H27N5O2. The van der Waals surface area contributed by atoms with Gasteiger partial charge in [-0.2, -0.15) is 4.98 Å². The summed E-state index contributed by atoms with van der Waals surface area (Å²) in [4.78, 5) is 30.5. The maximum atomic E-state index is 13.2. The Morgan fingerprint density at radius 2 is 1.70 bits per heavy atom. The van der Waals surface area contributed by atoms with E-state index in [1.807, 2.05) is 10.5 Å². The van der Waals surface area contributed by atoms with Crippen LogP contribution in [0.2, 0.25) is 0 Å². The molecular weight excluding hydrogens is 378 g/mol. The van der Waals surface area contributed by atoms with Crippen LogP contribution in [0.1, 0.15) is 50.8 Å². The number of benzene rings is 1. The SMILES string of the molecule is CCc1c(-c2ccccc2)n(C2CCCCC2)c2nc3c(c(=O)n(C)c(=O)n3C)n12. The number of fused-ring (bicyclic) bond motifs is 3. The van der Waals surface area contributed by atoms with Crippen LogP contribution in [0.3, 0.4) is 0 Å². The van der Waals surface area contributed by atoms with Crippen molar-refractivity contribution in [1.82, 2.24) is 23.1 Å². The highest BCUT2D eigenvalue weighted by Crippen LogP contribution is 2.38. The van der Waals surface area contributed by atoms with Crippen LogP contribution < -0.4 is 11.2 Å². The molecule has 0 bridgehead atoms. The first-order chi connectivity index (χ1) is 14.5. The summed E-state index contributed by atoms with van der Waals surface area (Å²) in [6.45, 7) is 2.12. The smallest absolute Gasteiger partial charge is 0.306 e. The average Bonchev–Trinajstić information content (AvgIpc) is 3.32. The Labute approximate surface area is 174 Å².